The molecule has 0 aliphatic carbocycles. The van der Waals surface area contributed by atoms with E-state index < -0.39 is 0 Å². The number of aromatic nitrogens is 2. The molecule has 3 nitrogen and oxygen atoms in total. The summed E-state index contributed by atoms with van der Waals surface area (Å²) >= 11 is 0. The minimum Gasteiger partial charge on any atom is -0.312 e. The van der Waals surface area contributed by atoms with Crippen molar-refractivity contribution in [2.45, 2.75) is 47.7 Å². The molecule has 114 valence electrons. The van der Waals surface area contributed by atoms with Crippen molar-refractivity contribution in [1.82, 2.24) is 15.1 Å². The second-order valence-corrected chi connectivity index (χ2v) is 6.43. The Labute approximate surface area is 128 Å². The molecule has 0 aliphatic rings. The van der Waals surface area contributed by atoms with Crippen molar-refractivity contribution in [2.24, 2.45) is 5.92 Å². The van der Waals surface area contributed by atoms with Gasteiger partial charge in [-0.15, -0.1) is 0 Å². The molecule has 3 heteroatoms. The highest BCUT2D eigenvalue weighted by molar-refractivity contribution is 5.29. The Hall–Kier alpha value is -1.61. The van der Waals surface area contributed by atoms with E-state index in [-0.39, 0.29) is 0 Å². The maximum Gasteiger partial charge on any atom is 0.0662 e. The third-order valence-electron chi connectivity index (χ3n) is 3.69. The number of aryl methyl sites for hydroxylation is 2. The molecule has 2 rings (SSSR count). The van der Waals surface area contributed by atoms with Crippen LogP contribution in [0.15, 0.2) is 24.4 Å². The summed E-state index contributed by atoms with van der Waals surface area (Å²) in [7, 11) is 0. The van der Waals surface area contributed by atoms with Crippen molar-refractivity contribution in [1.29, 1.82) is 0 Å². The van der Waals surface area contributed by atoms with Crippen LogP contribution in [0.1, 0.15) is 41.8 Å². The Kier molecular flexibility index (Phi) is 5.18. The van der Waals surface area contributed by atoms with E-state index in [1.807, 2.05) is 6.20 Å². The van der Waals surface area contributed by atoms with E-state index in [0.29, 0.717) is 5.92 Å². The number of hydrogen-bond acceptors (Lipinski definition) is 2. The maximum atomic E-state index is 4.54. The van der Waals surface area contributed by atoms with E-state index in [1.165, 1.54) is 27.9 Å². The molecule has 1 aromatic carbocycles. The highest BCUT2D eigenvalue weighted by Gasteiger charge is 2.07. The van der Waals surface area contributed by atoms with Crippen LogP contribution in [0.5, 0.6) is 0 Å². The molecule has 0 saturated heterocycles. The molecule has 0 amide bonds. The van der Waals surface area contributed by atoms with E-state index in [4.69, 9.17) is 0 Å². The summed E-state index contributed by atoms with van der Waals surface area (Å²) in [6.07, 6.45) is 1.99. The Bertz CT molecular complexity index is 576. The monoisotopic (exact) mass is 285 g/mol. The van der Waals surface area contributed by atoms with Gasteiger partial charge in [0.1, 0.15) is 0 Å². The van der Waals surface area contributed by atoms with Gasteiger partial charge in [0, 0.05) is 17.8 Å². The SMILES string of the molecule is Cc1cc(C)cc(Cn2ncc(CNCC(C)C)c2C)c1. The van der Waals surface area contributed by atoms with Crippen molar-refractivity contribution in [3.05, 3.63) is 52.3 Å². The van der Waals surface area contributed by atoms with Crippen molar-refractivity contribution in [3.8, 4) is 0 Å². The van der Waals surface area contributed by atoms with Crippen LogP contribution in [0.3, 0.4) is 0 Å². The average molecular weight is 285 g/mol. The third kappa shape index (κ3) is 4.43. The Balaban J connectivity index is 2.06. The summed E-state index contributed by atoms with van der Waals surface area (Å²) in [5.74, 6) is 0.677. The topological polar surface area (TPSA) is 29.9 Å². The molecule has 1 N–H and O–H groups in total. The van der Waals surface area contributed by atoms with Crippen LogP contribution in [-0.4, -0.2) is 16.3 Å². The van der Waals surface area contributed by atoms with Gasteiger partial charge in [0.25, 0.3) is 0 Å². The number of nitrogens with zero attached hydrogens (tertiary/aromatic N) is 2. The molecular formula is C18H27N3. The summed E-state index contributed by atoms with van der Waals surface area (Å²) in [5.41, 5.74) is 6.49. The molecule has 1 aromatic heterocycles. The van der Waals surface area contributed by atoms with Crippen molar-refractivity contribution in [3.63, 3.8) is 0 Å². The van der Waals surface area contributed by atoms with E-state index in [0.717, 1.165) is 19.6 Å². The molecule has 21 heavy (non-hydrogen) atoms. The van der Waals surface area contributed by atoms with Crippen LogP contribution < -0.4 is 5.32 Å². The van der Waals surface area contributed by atoms with E-state index >= 15 is 0 Å². The zero-order chi connectivity index (χ0) is 15.4. The molecule has 0 atom stereocenters. The van der Waals surface area contributed by atoms with Crippen LogP contribution >= 0.6 is 0 Å². The Morgan fingerprint density at radius 1 is 1.10 bits per heavy atom. The minimum atomic E-state index is 0.677. The summed E-state index contributed by atoms with van der Waals surface area (Å²) in [4.78, 5) is 0. The van der Waals surface area contributed by atoms with Crippen LogP contribution in [0.2, 0.25) is 0 Å². The van der Waals surface area contributed by atoms with Crippen molar-refractivity contribution in [2.75, 3.05) is 6.54 Å². The standard InChI is InChI=1S/C18H27N3/c1-13(2)9-19-10-18-11-20-21(16(18)5)12-17-7-14(3)6-15(4)8-17/h6-8,11,13,19H,9-10,12H2,1-5H3. The molecule has 0 unspecified atom stereocenters. The molecule has 2 aromatic rings. The summed E-state index contributed by atoms with van der Waals surface area (Å²) in [6.45, 7) is 13.7. The molecule has 0 radical (unpaired) electrons. The highest BCUT2D eigenvalue weighted by Crippen LogP contribution is 2.13. The van der Waals surface area contributed by atoms with Gasteiger partial charge in [0.15, 0.2) is 0 Å². The predicted molar refractivity (Wildman–Crippen MR) is 88.5 cm³/mol. The number of rotatable bonds is 6. The van der Waals surface area contributed by atoms with Gasteiger partial charge in [-0.25, -0.2) is 0 Å². The lowest BCUT2D eigenvalue weighted by molar-refractivity contribution is 0.550. The van der Waals surface area contributed by atoms with Crippen molar-refractivity contribution < 1.29 is 0 Å². The summed E-state index contributed by atoms with van der Waals surface area (Å²) in [5, 5.41) is 8.03. The first kappa shape index (κ1) is 15.8. The average Bonchev–Trinajstić information content (AvgIpc) is 2.70. The fourth-order valence-electron chi connectivity index (χ4n) is 2.65. The smallest absolute Gasteiger partial charge is 0.0662 e. The highest BCUT2D eigenvalue weighted by atomic mass is 15.3. The third-order valence-corrected chi connectivity index (χ3v) is 3.69. The minimum absolute atomic E-state index is 0.677. The lowest BCUT2D eigenvalue weighted by Crippen LogP contribution is -2.19. The molecule has 0 saturated carbocycles. The molecule has 0 fully saturated rings. The Morgan fingerprint density at radius 2 is 1.76 bits per heavy atom. The first-order chi connectivity index (χ1) is 9.95. The van der Waals surface area contributed by atoms with Gasteiger partial charge in [-0.3, -0.25) is 4.68 Å². The van der Waals surface area contributed by atoms with Gasteiger partial charge in [-0.2, -0.15) is 5.10 Å². The summed E-state index contributed by atoms with van der Waals surface area (Å²) in [6, 6.07) is 6.69. The largest absolute Gasteiger partial charge is 0.312 e. The molecular weight excluding hydrogens is 258 g/mol. The van der Waals surface area contributed by atoms with Gasteiger partial charge < -0.3 is 5.32 Å². The normalized spacial score (nSPS) is 11.3. The van der Waals surface area contributed by atoms with Crippen LogP contribution in [0.25, 0.3) is 0 Å². The van der Waals surface area contributed by atoms with Gasteiger partial charge in [-0.05, 0) is 38.8 Å². The van der Waals surface area contributed by atoms with Gasteiger partial charge >= 0.3 is 0 Å². The van der Waals surface area contributed by atoms with E-state index in [2.05, 4.69) is 67.9 Å². The van der Waals surface area contributed by atoms with Gasteiger partial charge in [0.2, 0.25) is 0 Å². The first-order valence-corrected chi connectivity index (χ1v) is 7.75. The van der Waals surface area contributed by atoms with Crippen molar-refractivity contribution >= 4 is 0 Å². The lowest BCUT2D eigenvalue weighted by Gasteiger charge is -2.09. The Morgan fingerprint density at radius 3 is 2.38 bits per heavy atom. The molecule has 0 aliphatic heterocycles. The van der Waals surface area contributed by atoms with Gasteiger partial charge in [0.05, 0.1) is 12.7 Å². The molecule has 1 heterocycles. The number of nitrogens with one attached hydrogen (secondary N) is 1. The number of hydrogen-bond donors (Lipinski definition) is 1. The molecule has 0 spiro atoms. The lowest BCUT2D eigenvalue weighted by atomic mass is 10.1. The predicted octanol–water partition coefficient (Wildman–Crippen LogP) is 3.60. The maximum absolute atomic E-state index is 4.54. The fraction of sp³-hybridized carbons (Fsp3) is 0.500. The van der Waals surface area contributed by atoms with E-state index in [1.54, 1.807) is 0 Å². The van der Waals surface area contributed by atoms with Crippen LogP contribution in [0.4, 0.5) is 0 Å². The quantitative estimate of drug-likeness (QED) is 0.879. The van der Waals surface area contributed by atoms with Crippen LogP contribution in [-0.2, 0) is 13.1 Å². The zero-order valence-electron chi connectivity index (χ0n) is 13.9. The second kappa shape index (κ2) is 6.90. The van der Waals surface area contributed by atoms with E-state index in [9.17, 15) is 0 Å². The fourth-order valence-corrected chi connectivity index (χ4v) is 2.65. The summed E-state index contributed by atoms with van der Waals surface area (Å²) < 4.78 is 2.10. The second-order valence-electron chi connectivity index (χ2n) is 6.43. The number of benzene rings is 1. The molecule has 0 bridgehead atoms. The first-order valence-electron chi connectivity index (χ1n) is 7.75. The zero-order valence-corrected chi connectivity index (χ0v) is 13.9. The van der Waals surface area contributed by atoms with Gasteiger partial charge in [-0.1, -0.05) is 43.2 Å². The van der Waals surface area contributed by atoms with Crippen LogP contribution in [0, 0.1) is 26.7 Å².